The molecular weight excluding hydrogens is 484 g/mol. The van der Waals surface area contributed by atoms with Crippen LogP contribution >= 0.6 is 15.6 Å². The van der Waals surface area contributed by atoms with Gasteiger partial charge in [-0.25, -0.2) is 24.1 Å². The predicted molar refractivity (Wildman–Crippen MR) is 110 cm³/mol. The standard InChI is InChI=1S/C16H19N5O10P2/c22-12-10(6-29-33(27,28)31-32(24,25)26)30-16(13(12)23)21-8-19-11-14(17-7-18-15(11)21)20-9-4-2-1-3-5-9/h1-5,7-8,10,12-13,16,22-23H,6H2,(H,27,28)(H,17,18,20)(H2,24,25,26)/t10-,12-,13-,16-/m1/s1. The number of phosphoric acid groups is 2. The lowest BCUT2D eigenvalue weighted by Gasteiger charge is -2.17. The van der Waals surface area contributed by atoms with Gasteiger partial charge in [-0.05, 0) is 12.1 Å². The van der Waals surface area contributed by atoms with E-state index in [-0.39, 0.29) is 5.65 Å². The highest BCUT2D eigenvalue weighted by atomic mass is 31.3. The highest BCUT2D eigenvalue weighted by Gasteiger charge is 2.46. The van der Waals surface area contributed by atoms with Crippen LogP contribution in [0.2, 0.25) is 0 Å². The first kappa shape index (κ1) is 23.9. The molecule has 17 heteroatoms. The minimum Gasteiger partial charge on any atom is -0.387 e. The van der Waals surface area contributed by atoms with Crippen molar-refractivity contribution in [3.05, 3.63) is 43.0 Å². The molecule has 33 heavy (non-hydrogen) atoms. The van der Waals surface area contributed by atoms with Crippen LogP contribution in [0.5, 0.6) is 0 Å². The van der Waals surface area contributed by atoms with Gasteiger partial charge in [-0.1, -0.05) is 18.2 Å². The maximum Gasteiger partial charge on any atom is 0.481 e. The summed E-state index contributed by atoms with van der Waals surface area (Å²) >= 11 is 0. The molecule has 2 aromatic heterocycles. The van der Waals surface area contributed by atoms with Crippen molar-refractivity contribution in [2.75, 3.05) is 11.9 Å². The third-order valence-corrected chi connectivity index (χ3v) is 6.77. The Morgan fingerprint density at radius 2 is 1.79 bits per heavy atom. The zero-order chi connectivity index (χ0) is 23.8. The maximum absolute atomic E-state index is 11.6. The molecule has 6 N–H and O–H groups in total. The maximum atomic E-state index is 11.6. The molecule has 0 amide bonds. The number of nitrogens with one attached hydrogen (secondary N) is 1. The first-order chi connectivity index (χ1) is 15.5. The van der Waals surface area contributed by atoms with Crippen LogP contribution in [0.25, 0.3) is 11.2 Å². The molecule has 0 bridgehead atoms. The molecule has 5 atom stereocenters. The number of aromatic nitrogens is 4. The molecule has 0 aliphatic carbocycles. The van der Waals surface area contributed by atoms with Gasteiger partial charge in [0.25, 0.3) is 0 Å². The molecule has 178 valence electrons. The minimum absolute atomic E-state index is 0.263. The van der Waals surface area contributed by atoms with E-state index < -0.39 is 46.8 Å². The summed E-state index contributed by atoms with van der Waals surface area (Å²) in [5.41, 5.74) is 1.36. The molecule has 0 radical (unpaired) electrons. The number of rotatable bonds is 8. The van der Waals surface area contributed by atoms with E-state index >= 15 is 0 Å². The third-order valence-electron chi connectivity index (χ3n) is 4.62. The van der Waals surface area contributed by atoms with Gasteiger partial charge in [0, 0.05) is 5.69 Å². The lowest BCUT2D eigenvalue weighted by Crippen LogP contribution is -2.33. The van der Waals surface area contributed by atoms with Crippen LogP contribution in [0.4, 0.5) is 11.5 Å². The summed E-state index contributed by atoms with van der Waals surface area (Å²) in [5, 5.41) is 23.8. The first-order valence-corrected chi connectivity index (χ1v) is 12.3. The minimum atomic E-state index is -5.31. The third kappa shape index (κ3) is 5.45. The zero-order valence-electron chi connectivity index (χ0n) is 16.5. The van der Waals surface area contributed by atoms with E-state index in [1.54, 1.807) is 0 Å². The van der Waals surface area contributed by atoms with Crippen molar-refractivity contribution < 1.29 is 47.6 Å². The number of fused-ring (bicyclic) bond motifs is 1. The number of ether oxygens (including phenoxy) is 1. The molecule has 15 nitrogen and oxygen atoms in total. The fourth-order valence-corrected chi connectivity index (χ4v) is 4.81. The van der Waals surface area contributed by atoms with Crippen molar-refractivity contribution in [2.45, 2.75) is 24.5 Å². The summed E-state index contributed by atoms with van der Waals surface area (Å²) in [6.45, 7) is -0.815. The normalized spacial score (nSPS) is 25.2. The van der Waals surface area contributed by atoms with E-state index in [9.17, 15) is 24.2 Å². The highest BCUT2D eigenvalue weighted by Crippen LogP contribution is 2.57. The smallest absolute Gasteiger partial charge is 0.387 e. The molecule has 3 aromatic rings. The molecular formula is C16H19N5O10P2. The van der Waals surface area contributed by atoms with Crippen LogP contribution in [0, 0.1) is 0 Å². The largest absolute Gasteiger partial charge is 0.481 e. The molecule has 4 rings (SSSR count). The first-order valence-electron chi connectivity index (χ1n) is 9.29. The number of aliphatic hydroxyl groups excluding tert-OH is 2. The van der Waals surface area contributed by atoms with E-state index in [0.717, 1.165) is 5.69 Å². The molecule has 1 aliphatic heterocycles. The number of benzene rings is 1. The summed E-state index contributed by atoms with van der Waals surface area (Å²) in [6.07, 6.45) is -3.06. The van der Waals surface area contributed by atoms with E-state index in [2.05, 4.69) is 29.1 Å². The molecule has 1 unspecified atom stereocenters. The number of phosphoric ester groups is 1. The SMILES string of the molecule is O=P(O)(O)OP(=O)(O)OC[C@H]1O[C@@H](n2cnc3c(Nc4ccccc4)ncnc32)[C@H](O)[C@@H]1O. The molecule has 3 heterocycles. The Hall–Kier alpha value is -2.29. The van der Waals surface area contributed by atoms with Gasteiger partial charge in [-0.2, -0.15) is 4.31 Å². The van der Waals surface area contributed by atoms with Crippen molar-refractivity contribution in [2.24, 2.45) is 0 Å². The second-order valence-corrected chi connectivity index (χ2v) is 9.75. The Labute approximate surface area is 185 Å². The number of para-hydroxylation sites is 1. The monoisotopic (exact) mass is 503 g/mol. The number of anilines is 2. The van der Waals surface area contributed by atoms with Crippen molar-refractivity contribution in [1.29, 1.82) is 0 Å². The van der Waals surface area contributed by atoms with Crippen LogP contribution in [-0.4, -0.2) is 69.3 Å². The number of aliphatic hydroxyl groups is 2. The van der Waals surface area contributed by atoms with Crippen molar-refractivity contribution in [3.8, 4) is 0 Å². The zero-order valence-corrected chi connectivity index (χ0v) is 18.3. The average Bonchev–Trinajstić information content (AvgIpc) is 3.28. The van der Waals surface area contributed by atoms with Crippen LogP contribution in [0.15, 0.2) is 43.0 Å². The van der Waals surface area contributed by atoms with Crippen LogP contribution < -0.4 is 5.32 Å². The Kier molecular flexibility index (Phi) is 6.62. The average molecular weight is 503 g/mol. The number of hydrogen-bond acceptors (Lipinski definition) is 11. The number of imidazole rings is 1. The summed E-state index contributed by atoms with van der Waals surface area (Å²) in [4.78, 5) is 39.3. The van der Waals surface area contributed by atoms with E-state index in [4.69, 9.17) is 14.5 Å². The molecule has 0 saturated carbocycles. The van der Waals surface area contributed by atoms with Gasteiger partial charge in [-0.15, -0.1) is 0 Å². The molecule has 0 spiro atoms. The predicted octanol–water partition coefficient (Wildman–Crippen LogP) is 0.415. The van der Waals surface area contributed by atoms with Gasteiger partial charge in [0.1, 0.15) is 24.6 Å². The lowest BCUT2D eigenvalue weighted by molar-refractivity contribution is -0.0503. The van der Waals surface area contributed by atoms with E-state index in [1.165, 1.54) is 17.2 Å². The Balaban J connectivity index is 1.52. The van der Waals surface area contributed by atoms with Gasteiger partial charge in [0.05, 0.1) is 12.9 Å². The summed E-state index contributed by atoms with van der Waals surface area (Å²) in [5.74, 6) is 0.383. The summed E-state index contributed by atoms with van der Waals surface area (Å²) in [6, 6.07) is 9.18. The van der Waals surface area contributed by atoms with Gasteiger partial charge in [0.15, 0.2) is 23.2 Å². The summed E-state index contributed by atoms with van der Waals surface area (Å²) < 4.78 is 37.4. The Morgan fingerprint density at radius 3 is 2.48 bits per heavy atom. The van der Waals surface area contributed by atoms with Crippen molar-refractivity contribution in [1.82, 2.24) is 19.5 Å². The number of hydrogen-bond donors (Lipinski definition) is 6. The van der Waals surface area contributed by atoms with E-state index in [1.807, 2.05) is 30.3 Å². The molecule has 1 saturated heterocycles. The van der Waals surface area contributed by atoms with Gasteiger partial charge in [-0.3, -0.25) is 9.09 Å². The quantitative estimate of drug-likeness (QED) is 0.230. The Bertz CT molecular complexity index is 1220. The Morgan fingerprint density at radius 1 is 1.06 bits per heavy atom. The molecule has 1 aromatic carbocycles. The van der Waals surface area contributed by atoms with Crippen LogP contribution in [0.1, 0.15) is 6.23 Å². The number of nitrogens with zero attached hydrogens (tertiary/aromatic N) is 4. The van der Waals surface area contributed by atoms with Gasteiger partial charge in [0.2, 0.25) is 0 Å². The second-order valence-electron chi connectivity index (χ2n) is 6.92. The van der Waals surface area contributed by atoms with Crippen LogP contribution in [-0.2, 0) is 22.7 Å². The second kappa shape index (κ2) is 9.16. The summed E-state index contributed by atoms with van der Waals surface area (Å²) in [7, 11) is -10.5. The lowest BCUT2D eigenvalue weighted by atomic mass is 10.1. The van der Waals surface area contributed by atoms with Crippen molar-refractivity contribution in [3.63, 3.8) is 0 Å². The van der Waals surface area contributed by atoms with Gasteiger partial charge < -0.3 is 34.9 Å². The fourth-order valence-electron chi connectivity index (χ4n) is 3.21. The van der Waals surface area contributed by atoms with Gasteiger partial charge >= 0.3 is 15.6 Å². The molecule has 1 fully saturated rings. The van der Waals surface area contributed by atoms with Crippen molar-refractivity contribution >= 4 is 38.3 Å². The van der Waals surface area contributed by atoms with Crippen LogP contribution in [0.3, 0.4) is 0 Å². The fraction of sp³-hybridized carbons (Fsp3) is 0.312. The highest BCUT2D eigenvalue weighted by molar-refractivity contribution is 7.60. The molecule has 1 aliphatic rings. The topological polar surface area (TPSA) is 219 Å². The van der Waals surface area contributed by atoms with E-state index in [0.29, 0.717) is 11.3 Å².